The van der Waals surface area contributed by atoms with Crippen molar-refractivity contribution in [2.45, 2.75) is 45.2 Å². The van der Waals surface area contributed by atoms with Crippen LogP contribution in [0.4, 0.5) is 10.1 Å². The number of pyridine rings is 1. The van der Waals surface area contributed by atoms with Gasteiger partial charge in [-0.25, -0.2) is 9.18 Å². The van der Waals surface area contributed by atoms with Crippen LogP contribution < -0.4 is 16.1 Å². The monoisotopic (exact) mass is 373 g/mol. The third-order valence-corrected chi connectivity index (χ3v) is 5.98. The van der Waals surface area contributed by atoms with Crippen molar-refractivity contribution in [2.75, 3.05) is 18.0 Å². The SMILES string of the molecule is CCC1CN(c2c(F)cc3c(=O)c(C(=O)O)cn(C4CC4)c3c2C)CC1N. The Morgan fingerprint density at radius 1 is 1.37 bits per heavy atom. The Labute approximate surface area is 156 Å². The molecule has 1 aliphatic carbocycles. The zero-order valence-electron chi connectivity index (χ0n) is 15.5. The summed E-state index contributed by atoms with van der Waals surface area (Å²) in [6.45, 7) is 5.14. The van der Waals surface area contributed by atoms with Crippen LogP contribution >= 0.6 is 0 Å². The zero-order chi connectivity index (χ0) is 19.5. The van der Waals surface area contributed by atoms with Gasteiger partial charge < -0.3 is 20.3 Å². The van der Waals surface area contributed by atoms with Gasteiger partial charge in [-0.05, 0) is 37.3 Å². The summed E-state index contributed by atoms with van der Waals surface area (Å²) in [6.07, 6.45) is 4.20. The van der Waals surface area contributed by atoms with Crippen molar-refractivity contribution in [2.24, 2.45) is 11.7 Å². The number of hydrogen-bond donors (Lipinski definition) is 2. The molecule has 2 unspecified atom stereocenters. The highest BCUT2D eigenvalue weighted by Gasteiger charge is 2.33. The van der Waals surface area contributed by atoms with Gasteiger partial charge in [-0.2, -0.15) is 0 Å². The van der Waals surface area contributed by atoms with Gasteiger partial charge in [-0.15, -0.1) is 0 Å². The first-order valence-electron chi connectivity index (χ1n) is 9.45. The standard InChI is InChI=1S/C20H24FN3O3/c1-3-11-7-23(9-16(11)22)18-10(2)17-13(6-15(18)21)19(25)14(20(26)27)8-24(17)12-4-5-12/h6,8,11-12,16H,3-5,7,9,22H2,1-2H3,(H,26,27). The van der Waals surface area contributed by atoms with E-state index in [0.29, 0.717) is 35.8 Å². The molecule has 0 bridgehead atoms. The van der Waals surface area contributed by atoms with Crippen molar-refractivity contribution in [1.29, 1.82) is 0 Å². The van der Waals surface area contributed by atoms with E-state index in [-0.39, 0.29) is 23.0 Å². The lowest BCUT2D eigenvalue weighted by molar-refractivity contribution is 0.0695. The number of carboxylic acid groups (broad SMARTS) is 1. The van der Waals surface area contributed by atoms with Crippen molar-refractivity contribution in [3.8, 4) is 0 Å². The molecule has 1 saturated heterocycles. The van der Waals surface area contributed by atoms with Gasteiger partial charge in [0.15, 0.2) is 0 Å². The summed E-state index contributed by atoms with van der Waals surface area (Å²) >= 11 is 0. The van der Waals surface area contributed by atoms with E-state index >= 15 is 4.39 Å². The number of carboxylic acids is 1. The summed E-state index contributed by atoms with van der Waals surface area (Å²) < 4.78 is 16.9. The van der Waals surface area contributed by atoms with Gasteiger partial charge in [0, 0.05) is 36.8 Å². The van der Waals surface area contributed by atoms with E-state index in [4.69, 9.17) is 5.73 Å². The smallest absolute Gasteiger partial charge is 0.341 e. The van der Waals surface area contributed by atoms with Crippen LogP contribution in [-0.4, -0.2) is 34.8 Å². The van der Waals surface area contributed by atoms with Crippen molar-refractivity contribution in [1.82, 2.24) is 4.57 Å². The van der Waals surface area contributed by atoms with Crippen molar-refractivity contribution >= 4 is 22.6 Å². The number of aryl methyl sites for hydroxylation is 1. The quantitative estimate of drug-likeness (QED) is 0.860. The number of aromatic nitrogens is 1. The molecule has 1 aliphatic heterocycles. The normalized spacial score (nSPS) is 22.6. The average molecular weight is 373 g/mol. The number of halogens is 1. The van der Waals surface area contributed by atoms with Gasteiger partial charge in [0.2, 0.25) is 5.43 Å². The van der Waals surface area contributed by atoms with E-state index in [1.165, 1.54) is 12.3 Å². The van der Waals surface area contributed by atoms with Crippen molar-refractivity contribution < 1.29 is 14.3 Å². The lowest BCUT2D eigenvalue weighted by atomic mass is 10.0. The molecule has 2 aliphatic rings. The lowest BCUT2D eigenvalue weighted by Crippen LogP contribution is -2.30. The summed E-state index contributed by atoms with van der Waals surface area (Å²) in [5, 5.41) is 9.51. The molecule has 2 atom stereocenters. The highest BCUT2D eigenvalue weighted by molar-refractivity contribution is 5.95. The predicted molar refractivity (Wildman–Crippen MR) is 102 cm³/mol. The van der Waals surface area contributed by atoms with Gasteiger partial charge in [0.1, 0.15) is 11.4 Å². The van der Waals surface area contributed by atoms with Crippen LogP contribution in [-0.2, 0) is 0 Å². The first-order valence-corrected chi connectivity index (χ1v) is 9.45. The first-order chi connectivity index (χ1) is 12.8. The molecule has 27 heavy (non-hydrogen) atoms. The molecule has 2 heterocycles. The summed E-state index contributed by atoms with van der Waals surface area (Å²) in [4.78, 5) is 26.1. The Balaban J connectivity index is 1.96. The Kier molecular flexibility index (Phi) is 4.22. The summed E-state index contributed by atoms with van der Waals surface area (Å²) in [7, 11) is 0. The Morgan fingerprint density at radius 3 is 2.63 bits per heavy atom. The highest BCUT2D eigenvalue weighted by Crippen LogP contribution is 2.40. The number of benzene rings is 1. The average Bonchev–Trinajstić information content (AvgIpc) is 3.38. The fourth-order valence-electron chi connectivity index (χ4n) is 4.36. The van der Waals surface area contributed by atoms with Gasteiger partial charge >= 0.3 is 5.97 Å². The van der Waals surface area contributed by atoms with Gasteiger partial charge in [-0.3, -0.25) is 4.79 Å². The topological polar surface area (TPSA) is 88.6 Å². The fourth-order valence-corrected chi connectivity index (χ4v) is 4.36. The maximum Gasteiger partial charge on any atom is 0.341 e. The van der Waals surface area contributed by atoms with Gasteiger partial charge in [0.25, 0.3) is 0 Å². The first kappa shape index (κ1) is 18.0. The second-order valence-corrected chi connectivity index (χ2v) is 7.78. The van der Waals surface area contributed by atoms with E-state index in [0.717, 1.165) is 19.3 Å². The molecule has 6 nitrogen and oxygen atoms in total. The zero-order valence-corrected chi connectivity index (χ0v) is 15.5. The number of hydrogen-bond acceptors (Lipinski definition) is 4. The maximum atomic E-state index is 15.1. The second-order valence-electron chi connectivity index (χ2n) is 7.78. The van der Waals surface area contributed by atoms with Crippen LogP contribution in [0.1, 0.15) is 48.1 Å². The largest absolute Gasteiger partial charge is 0.477 e. The second kappa shape index (κ2) is 6.34. The van der Waals surface area contributed by atoms with Crippen LogP contribution in [0, 0.1) is 18.7 Å². The Hall–Kier alpha value is -2.41. The van der Waals surface area contributed by atoms with Crippen LogP contribution in [0.2, 0.25) is 0 Å². The molecular formula is C20H24FN3O3. The molecule has 2 fully saturated rings. The van der Waals surface area contributed by atoms with Gasteiger partial charge in [0.05, 0.1) is 11.2 Å². The number of fused-ring (bicyclic) bond motifs is 1. The Bertz CT molecular complexity index is 996. The van der Waals surface area contributed by atoms with Crippen LogP contribution in [0.25, 0.3) is 10.9 Å². The number of anilines is 1. The summed E-state index contributed by atoms with van der Waals surface area (Å²) in [6, 6.07) is 1.35. The molecule has 7 heteroatoms. The van der Waals surface area contributed by atoms with Crippen molar-refractivity contribution in [3.63, 3.8) is 0 Å². The summed E-state index contributed by atoms with van der Waals surface area (Å²) in [5.74, 6) is -1.47. The molecule has 3 N–H and O–H groups in total. The minimum absolute atomic E-state index is 0.00971. The number of aromatic carboxylic acids is 1. The molecule has 4 rings (SSSR count). The minimum atomic E-state index is -1.28. The minimum Gasteiger partial charge on any atom is -0.477 e. The molecule has 0 amide bonds. The third kappa shape index (κ3) is 2.81. The molecule has 1 aromatic carbocycles. The number of carbonyl (C=O) groups is 1. The molecule has 0 spiro atoms. The lowest BCUT2D eigenvalue weighted by Gasteiger charge is -2.24. The molecular weight excluding hydrogens is 349 g/mol. The maximum absolute atomic E-state index is 15.1. The highest BCUT2D eigenvalue weighted by atomic mass is 19.1. The van der Waals surface area contributed by atoms with Crippen LogP contribution in [0.15, 0.2) is 17.1 Å². The van der Waals surface area contributed by atoms with E-state index in [2.05, 4.69) is 6.92 Å². The van der Waals surface area contributed by atoms with Gasteiger partial charge in [-0.1, -0.05) is 13.3 Å². The van der Waals surface area contributed by atoms with E-state index in [9.17, 15) is 14.7 Å². The number of nitrogens with zero attached hydrogens (tertiary/aromatic N) is 2. The van der Waals surface area contributed by atoms with Crippen LogP contribution in [0.5, 0.6) is 0 Å². The number of nitrogens with two attached hydrogens (primary N) is 1. The van der Waals surface area contributed by atoms with E-state index < -0.39 is 17.2 Å². The van der Waals surface area contributed by atoms with E-state index in [1.54, 1.807) is 0 Å². The Morgan fingerprint density at radius 2 is 2.07 bits per heavy atom. The molecule has 1 saturated carbocycles. The molecule has 0 radical (unpaired) electrons. The molecule has 2 aromatic rings. The van der Waals surface area contributed by atoms with Crippen LogP contribution in [0.3, 0.4) is 0 Å². The van der Waals surface area contributed by atoms with E-state index in [1.807, 2.05) is 16.4 Å². The number of rotatable bonds is 4. The molecule has 1 aromatic heterocycles. The fraction of sp³-hybridized carbons (Fsp3) is 0.500. The molecule has 144 valence electrons. The summed E-state index contributed by atoms with van der Waals surface area (Å²) in [5.41, 5.74) is 7.06. The van der Waals surface area contributed by atoms with Crippen molar-refractivity contribution in [3.05, 3.63) is 39.4 Å². The third-order valence-electron chi connectivity index (χ3n) is 5.98. The predicted octanol–water partition coefficient (Wildman–Crippen LogP) is 2.66.